The Morgan fingerprint density at radius 1 is 0.871 bits per heavy atom. The summed E-state index contributed by atoms with van der Waals surface area (Å²) < 4.78 is 49.7. The zero-order valence-electron chi connectivity index (χ0n) is 18.9. The van der Waals surface area contributed by atoms with Gasteiger partial charge < -0.3 is 9.16 Å². The second kappa shape index (κ2) is 9.16. The summed E-state index contributed by atoms with van der Waals surface area (Å²) in [5.74, 6) is -2.66. The summed E-state index contributed by atoms with van der Waals surface area (Å²) in [6.07, 6.45) is -5.03. The fourth-order valence-corrected chi connectivity index (χ4v) is 8.27. The average Bonchev–Trinajstić information content (AvgIpc) is 2.68. The summed E-state index contributed by atoms with van der Waals surface area (Å²) in [5.41, 5.74) is -1.35. The van der Waals surface area contributed by atoms with E-state index in [0.717, 1.165) is 10.4 Å². The first kappa shape index (κ1) is 25.1. The van der Waals surface area contributed by atoms with Crippen LogP contribution in [0.15, 0.2) is 60.7 Å². The molecule has 0 fully saturated rings. The number of carbonyl (C=O) groups is 1. The third-order valence-electron chi connectivity index (χ3n) is 5.74. The van der Waals surface area contributed by atoms with Crippen molar-refractivity contribution in [2.45, 2.75) is 58.4 Å². The molecule has 0 aliphatic heterocycles. The van der Waals surface area contributed by atoms with Gasteiger partial charge in [0.1, 0.15) is 5.60 Å². The van der Waals surface area contributed by atoms with Crippen molar-refractivity contribution in [1.29, 1.82) is 0 Å². The van der Waals surface area contributed by atoms with Crippen LogP contribution < -0.4 is 10.4 Å². The Morgan fingerprint density at radius 3 is 1.65 bits per heavy atom. The molecular formula is C24H31F3O3Si. The van der Waals surface area contributed by atoms with E-state index in [0.29, 0.717) is 0 Å². The first-order valence-electron chi connectivity index (χ1n) is 10.3. The van der Waals surface area contributed by atoms with Crippen molar-refractivity contribution in [3.8, 4) is 0 Å². The summed E-state index contributed by atoms with van der Waals surface area (Å²) in [6, 6.07) is 19.9. The lowest BCUT2D eigenvalue weighted by Crippen LogP contribution is -2.67. The van der Waals surface area contributed by atoms with Gasteiger partial charge in [0.25, 0.3) is 8.32 Å². The number of esters is 1. The molecule has 31 heavy (non-hydrogen) atoms. The normalized spacial score (nSPS) is 14.2. The van der Waals surface area contributed by atoms with Crippen LogP contribution in [0.5, 0.6) is 0 Å². The molecule has 170 valence electrons. The predicted molar refractivity (Wildman–Crippen MR) is 119 cm³/mol. The standard InChI is InChI=1S/C24H31F3O3Si/c1-18(23(5,6)30-21(28)24(25,26)27)17-29-31(22(2,3)4,19-13-9-7-10-14-19)20-15-11-8-12-16-20/h7-16,18H,17H2,1-6H3/t18-/m1/s1. The maximum absolute atomic E-state index is 12.7. The molecule has 7 heteroatoms. The summed E-state index contributed by atoms with van der Waals surface area (Å²) in [5, 5.41) is 1.89. The van der Waals surface area contributed by atoms with Gasteiger partial charge in [0.2, 0.25) is 0 Å². The summed E-state index contributed by atoms with van der Waals surface area (Å²) in [7, 11) is -2.83. The van der Waals surface area contributed by atoms with E-state index in [4.69, 9.17) is 9.16 Å². The van der Waals surface area contributed by atoms with Crippen molar-refractivity contribution in [3.05, 3.63) is 60.7 Å². The molecule has 0 saturated carbocycles. The summed E-state index contributed by atoms with van der Waals surface area (Å²) in [6.45, 7) is 11.2. The van der Waals surface area contributed by atoms with Crippen molar-refractivity contribution in [2.24, 2.45) is 5.92 Å². The highest BCUT2D eigenvalue weighted by Gasteiger charge is 2.51. The van der Waals surface area contributed by atoms with Crippen LogP contribution in [0.4, 0.5) is 13.2 Å². The zero-order valence-corrected chi connectivity index (χ0v) is 19.9. The van der Waals surface area contributed by atoms with Crippen LogP contribution >= 0.6 is 0 Å². The molecule has 0 spiro atoms. The largest absolute Gasteiger partial charge is 0.490 e. The van der Waals surface area contributed by atoms with E-state index < -0.39 is 32.0 Å². The van der Waals surface area contributed by atoms with Gasteiger partial charge in [-0.2, -0.15) is 13.2 Å². The minimum absolute atomic E-state index is 0.144. The highest BCUT2D eigenvalue weighted by Crippen LogP contribution is 2.38. The lowest BCUT2D eigenvalue weighted by Gasteiger charge is -2.44. The Hall–Kier alpha value is -2.12. The Kier molecular flexibility index (Phi) is 7.43. The molecular weight excluding hydrogens is 421 g/mol. The second-order valence-electron chi connectivity index (χ2n) is 9.37. The molecule has 3 nitrogen and oxygen atoms in total. The van der Waals surface area contributed by atoms with E-state index in [1.54, 1.807) is 6.92 Å². The molecule has 0 saturated heterocycles. The quantitative estimate of drug-likeness (QED) is 0.434. The number of halogens is 3. The Bertz CT molecular complexity index is 820. The maximum atomic E-state index is 12.7. The first-order valence-corrected chi connectivity index (χ1v) is 12.2. The van der Waals surface area contributed by atoms with Crippen molar-refractivity contribution >= 4 is 24.7 Å². The van der Waals surface area contributed by atoms with E-state index in [1.165, 1.54) is 13.8 Å². The molecule has 0 N–H and O–H groups in total. The predicted octanol–water partition coefficient (Wildman–Crippen LogP) is 5.08. The van der Waals surface area contributed by atoms with Crippen LogP contribution in [0.2, 0.25) is 5.04 Å². The van der Waals surface area contributed by atoms with Crippen molar-refractivity contribution in [1.82, 2.24) is 0 Å². The van der Waals surface area contributed by atoms with Gasteiger partial charge in [0.15, 0.2) is 0 Å². The molecule has 0 bridgehead atoms. The van der Waals surface area contributed by atoms with Crippen LogP contribution in [0.3, 0.4) is 0 Å². The summed E-state index contributed by atoms with van der Waals surface area (Å²) in [4.78, 5) is 11.4. The number of hydrogen-bond acceptors (Lipinski definition) is 3. The van der Waals surface area contributed by atoms with E-state index in [9.17, 15) is 18.0 Å². The van der Waals surface area contributed by atoms with Gasteiger partial charge in [-0.3, -0.25) is 0 Å². The molecule has 0 amide bonds. The molecule has 0 unspecified atom stereocenters. The Labute approximate surface area is 183 Å². The monoisotopic (exact) mass is 452 g/mol. The lowest BCUT2D eigenvalue weighted by molar-refractivity contribution is -0.215. The van der Waals surface area contributed by atoms with Crippen LogP contribution in [0, 0.1) is 5.92 Å². The number of hydrogen-bond donors (Lipinski definition) is 0. The fourth-order valence-electron chi connectivity index (χ4n) is 3.61. The van der Waals surface area contributed by atoms with Crippen LogP contribution in [0.1, 0.15) is 41.5 Å². The minimum atomic E-state index is -5.03. The number of carbonyl (C=O) groups excluding carboxylic acids is 1. The molecule has 0 aromatic heterocycles. The van der Waals surface area contributed by atoms with E-state index in [-0.39, 0.29) is 11.6 Å². The van der Waals surface area contributed by atoms with Gasteiger partial charge in [0.05, 0.1) is 0 Å². The number of ether oxygens (including phenoxy) is 1. The third-order valence-corrected chi connectivity index (χ3v) is 10.7. The molecule has 0 aliphatic carbocycles. The highest BCUT2D eigenvalue weighted by atomic mass is 28.4. The maximum Gasteiger partial charge on any atom is 0.490 e. The van der Waals surface area contributed by atoms with Gasteiger partial charge in [-0.25, -0.2) is 4.79 Å². The SMILES string of the molecule is C[C@H](CO[Si](c1ccccc1)(c1ccccc1)C(C)(C)C)C(C)(C)OC(=O)C(F)(F)F. The average molecular weight is 453 g/mol. The van der Waals surface area contributed by atoms with Gasteiger partial charge in [0, 0.05) is 12.5 Å². The zero-order chi connectivity index (χ0) is 23.5. The Morgan fingerprint density at radius 2 is 1.29 bits per heavy atom. The lowest BCUT2D eigenvalue weighted by atomic mass is 9.93. The van der Waals surface area contributed by atoms with Crippen molar-refractivity contribution < 1.29 is 27.1 Å². The van der Waals surface area contributed by atoms with E-state index in [1.807, 2.05) is 60.7 Å². The smallest absolute Gasteiger partial charge is 0.453 e. The Balaban J connectivity index is 2.42. The van der Waals surface area contributed by atoms with Gasteiger partial charge in [-0.05, 0) is 29.3 Å². The molecule has 0 radical (unpaired) electrons. The first-order chi connectivity index (χ1) is 14.2. The van der Waals surface area contributed by atoms with E-state index in [2.05, 4.69) is 20.8 Å². The number of rotatable bonds is 7. The van der Waals surface area contributed by atoms with Crippen molar-refractivity contribution in [3.63, 3.8) is 0 Å². The number of benzene rings is 2. The van der Waals surface area contributed by atoms with Crippen LogP contribution in [0.25, 0.3) is 0 Å². The third kappa shape index (κ3) is 5.57. The van der Waals surface area contributed by atoms with Gasteiger partial charge >= 0.3 is 12.1 Å². The number of alkyl halides is 3. The minimum Gasteiger partial charge on any atom is -0.453 e. The molecule has 2 aromatic carbocycles. The van der Waals surface area contributed by atoms with Gasteiger partial charge in [-0.15, -0.1) is 0 Å². The van der Waals surface area contributed by atoms with Crippen LogP contribution in [-0.2, 0) is 14.0 Å². The molecule has 2 aromatic rings. The van der Waals surface area contributed by atoms with E-state index >= 15 is 0 Å². The topological polar surface area (TPSA) is 35.5 Å². The second-order valence-corrected chi connectivity index (χ2v) is 13.7. The van der Waals surface area contributed by atoms with Gasteiger partial charge in [-0.1, -0.05) is 88.4 Å². The molecule has 0 aliphatic rings. The highest BCUT2D eigenvalue weighted by molar-refractivity contribution is 6.99. The molecule has 1 atom stereocenters. The molecule has 2 rings (SSSR count). The molecule has 0 heterocycles. The fraction of sp³-hybridized carbons (Fsp3) is 0.458. The van der Waals surface area contributed by atoms with Crippen LogP contribution in [-0.4, -0.2) is 32.7 Å². The summed E-state index contributed by atoms with van der Waals surface area (Å²) >= 11 is 0. The van der Waals surface area contributed by atoms with Crippen molar-refractivity contribution in [2.75, 3.05) is 6.61 Å².